The normalized spacial score (nSPS) is 10.3. The van der Waals surface area contributed by atoms with E-state index in [1.165, 1.54) is 6.07 Å². The third kappa shape index (κ3) is 3.63. The molecule has 1 rings (SSSR count). The minimum Gasteiger partial charge on any atom is -0.508 e. The first-order valence-corrected chi connectivity index (χ1v) is 6.28. The monoisotopic (exact) mass is 255 g/mol. The lowest BCUT2D eigenvalue weighted by Gasteiger charge is -2.20. The Bertz CT molecular complexity index is 393. The maximum absolute atomic E-state index is 12.1. The van der Waals surface area contributed by atoms with Crippen LogP contribution in [0.5, 0.6) is 5.75 Å². The fraction of sp³-hybridized carbons (Fsp3) is 0.462. The van der Waals surface area contributed by atoms with Crippen LogP contribution < -0.4 is 0 Å². The molecule has 94 valence electrons. The van der Waals surface area contributed by atoms with Crippen LogP contribution in [0.4, 0.5) is 0 Å². The highest BCUT2D eigenvalue weighted by Crippen LogP contribution is 2.18. The topological polar surface area (TPSA) is 40.5 Å². The van der Waals surface area contributed by atoms with Gasteiger partial charge in [-0.15, -0.1) is 11.6 Å². The number of phenols is 1. The number of rotatable bonds is 5. The average molecular weight is 256 g/mol. The van der Waals surface area contributed by atoms with E-state index in [-0.39, 0.29) is 11.7 Å². The zero-order valence-electron chi connectivity index (χ0n) is 10.2. The van der Waals surface area contributed by atoms with Gasteiger partial charge in [0.1, 0.15) is 5.75 Å². The third-order valence-electron chi connectivity index (χ3n) is 2.69. The summed E-state index contributed by atoms with van der Waals surface area (Å²) in [6.07, 6.45) is 0.777. The Kier molecular flexibility index (Phi) is 5.29. The molecule has 0 atom stereocenters. The highest BCUT2D eigenvalue weighted by atomic mass is 35.5. The van der Waals surface area contributed by atoms with Crippen molar-refractivity contribution in [1.29, 1.82) is 0 Å². The summed E-state index contributed by atoms with van der Waals surface area (Å²) < 4.78 is 0. The molecule has 0 aromatic heterocycles. The van der Waals surface area contributed by atoms with Gasteiger partial charge in [-0.2, -0.15) is 0 Å². The summed E-state index contributed by atoms with van der Waals surface area (Å²) in [5, 5.41) is 9.59. The van der Waals surface area contributed by atoms with Gasteiger partial charge in [-0.25, -0.2) is 0 Å². The van der Waals surface area contributed by atoms with Crippen molar-refractivity contribution in [3.63, 3.8) is 0 Å². The van der Waals surface area contributed by atoms with Crippen molar-refractivity contribution >= 4 is 17.5 Å². The first-order valence-electron chi connectivity index (χ1n) is 5.75. The molecule has 1 N–H and O–H groups in total. The molecule has 1 aromatic carbocycles. The minimum atomic E-state index is -0.0621. The third-order valence-corrected chi connectivity index (χ3v) is 2.95. The van der Waals surface area contributed by atoms with Gasteiger partial charge in [0.25, 0.3) is 5.91 Å². The van der Waals surface area contributed by atoms with Crippen LogP contribution in [0.1, 0.15) is 29.3 Å². The fourth-order valence-corrected chi connectivity index (χ4v) is 1.70. The average Bonchev–Trinajstić information content (AvgIpc) is 2.33. The number of hydrogen-bond acceptors (Lipinski definition) is 2. The molecule has 0 bridgehead atoms. The largest absolute Gasteiger partial charge is 0.508 e. The Morgan fingerprint density at radius 3 is 2.71 bits per heavy atom. The number of aryl methyl sites for hydroxylation is 1. The molecule has 0 aliphatic carbocycles. The van der Waals surface area contributed by atoms with E-state index >= 15 is 0 Å². The lowest BCUT2D eigenvalue weighted by molar-refractivity contribution is 0.0764. The summed E-state index contributed by atoms with van der Waals surface area (Å²) in [4.78, 5) is 13.8. The van der Waals surface area contributed by atoms with E-state index in [2.05, 4.69) is 0 Å². The highest BCUT2D eigenvalue weighted by molar-refractivity contribution is 6.17. The Morgan fingerprint density at radius 1 is 1.47 bits per heavy atom. The van der Waals surface area contributed by atoms with Crippen LogP contribution >= 0.6 is 11.6 Å². The number of phenolic OH excluding ortho intramolecular Hbond substituents is 1. The van der Waals surface area contributed by atoms with Gasteiger partial charge in [-0.3, -0.25) is 4.79 Å². The number of aromatic hydroxyl groups is 1. The van der Waals surface area contributed by atoms with Gasteiger partial charge in [-0.05, 0) is 38.0 Å². The predicted octanol–water partition coefficient (Wildman–Crippen LogP) is 2.79. The molecular weight excluding hydrogens is 238 g/mol. The van der Waals surface area contributed by atoms with Crippen LogP contribution in [0.15, 0.2) is 18.2 Å². The van der Waals surface area contributed by atoms with E-state index in [0.29, 0.717) is 24.5 Å². The standard InChI is InChI=1S/C13H18ClNO2/c1-3-15(8-4-7-14)13(17)11-6-5-10(2)12(16)9-11/h5-6,9,16H,3-4,7-8H2,1-2H3. The lowest BCUT2D eigenvalue weighted by atomic mass is 10.1. The summed E-state index contributed by atoms with van der Waals surface area (Å²) in [5.74, 6) is 0.639. The summed E-state index contributed by atoms with van der Waals surface area (Å²) in [7, 11) is 0. The second-order valence-electron chi connectivity index (χ2n) is 3.93. The molecule has 1 amide bonds. The molecule has 0 spiro atoms. The van der Waals surface area contributed by atoms with Crippen molar-refractivity contribution < 1.29 is 9.90 Å². The van der Waals surface area contributed by atoms with E-state index in [1.807, 2.05) is 6.92 Å². The molecule has 0 aliphatic rings. The summed E-state index contributed by atoms with van der Waals surface area (Å²) in [6.45, 7) is 5.02. The second-order valence-corrected chi connectivity index (χ2v) is 4.31. The van der Waals surface area contributed by atoms with Crippen molar-refractivity contribution in [2.45, 2.75) is 20.3 Å². The Labute approximate surface area is 107 Å². The molecule has 1 aromatic rings. The van der Waals surface area contributed by atoms with Crippen molar-refractivity contribution in [3.8, 4) is 5.75 Å². The predicted molar refractivity (Wildman–Crippen MR) is 69.8 cm³/mol. The zero-order chi connectivity index (χ0) is 12.8. The molecule has 0 fully saturated rings. The van der Waals surface area contributed by atoms with E-state index < -0.39 is 0 Å². The van der Waals surface area contributed by atoms with E-state index in [1.54, 1.807) is 24.0 Å². The fourth-order valence-electron chi connectivity index (χ4n) is 1.58. The van der Waals surface area contributed by atoms with Gasteiger partial charge in [0.2, 0.25) is 0 Å². The zero-order valence-corrected chi connectivity index (χ0v) is 11.0. The van der Waals surface area contributed by atoms with Gasteiger partial charge in [0.15, 0.2) is 0 Å². The molecule has 17 heavy (non-hydrogen) atoms. The molecule has 0 saturated carbocycles. The highest BCUT2D eigenvalue weighted by Gasteiger charge is 2.14. The van der Waals surface area contributed by atoms with Crippen molar-refractivity contribution in [2.75, 3.05) is 19.0 Å². The van der Waals surface area contributed by atoms with Crippen LogP contribution in [-0.2, 0) is 0 Å². The van der Waals surface area contributed by atoms with Gasteiger partial charge in [0, 0.05) is 24.5 Å². The number of halogens is 1. The minimum absolute atomic E-state index is 0.0621. The molecule has 0 unspecified atom stereocenters. The van der Waals surface area contributed by atoms with Crippen molar-refractivity contribution in [3.05, 3.63) is 29.3 Å². The number of nitrogens with zero attached hydrogens (tertiary/aromatic N) is 1. The first kappa shape index (κ1) is 13.8. The maximum atomic E-state index is 12.1. The summed E-state index contributed by atoms with van der Waals surface area (Å²) >= 11 is 5.62. The number of hydrogen-bond donors (Lipinski definition) is 1. The summed E-state index contributed by atoms with van der Waals surface area (Å²) in [6, 6.07) is 5.00. The first-order chi connectivity index (χ1) is 8.10. The molecular formula is C13H18ClNO2. The van der Waals surface area contributed by atoms with Gasteiger partial charge < -0.3 is 10.0 Å². The smallest absolute Gasteiger partial charge is 0.253 e. The van der Waals surface area contributed by atoms with Crippen LogP contribution in [-0.4, -0.2) is 34.9 Å². The SMILES string of the molecule is CCN(CCCCl)C(=O)c1ccc(C)c(O)c1. The van der Waals surface area contributed by atoms with Gasteiger partial charge >= 0.3 is 0 Å². The van der Waals surface area contributed by atoms with E-state index in [9.17, 15) is 9.90 Å². The van der Waals surface area contributed by atoms with Crippen LogP contribution in [0.2, 0.25) is 0 Å². The second kappa shape index (κ2) is 6.50. The van der Waals surface area contributed by atoms with Gasteiger partial charge in [0.05, 0.1) is 0 Å². The molecule has 0 aliphatic heterocycles. The Hall–Kier alpha value is -1.22. The quantitative estimate of drug-likeness (QED) is 0.822. The molecule has 4 heteroatoms. The van der Waals surface area contributed by atoms with E-state index in [0.717, 1.165) is 12.0 Å². The van der Waals surface area contributed by atoms with Crippen LogP contribution in [0.3, 0.4) is 0 Å². The number of alkyl halides is 1. The Balaban J connectivity index is 2.82. The van der Waals surface area contributed by atoms with Crippen LogP contribution in [0, 0.1) is 6.92 Å². The summed E-state index contributed by atoms with van der Waals surface area (Å²) in [5.41, 5.74) is 1.29. The lowest BCUT2D eigenvalue weighted by Crippen LogP contribution is -2.31. The molecule has 3 nitrogen and oxygen atoms in total. The number of amides is 1. The van der Waals surface area contributed by atoms with Crippen molar-refractivity contribution in [2.24, 2.45) is 0 Å². The van der Waals surface area contributed by atoms with Crippen molar-refractivity contribution in [1.82, 2.24) is 4.90 Å². The number of carbonyl (C=O) groups excluding carboxylic acids is 1. The molecule has 0 radical (unpaired) electrons. The number of carbonyl (C=O) groups is 1. The molecule has 0 saturated heterocycles. The van der Waals surface area contributed by atoms with Gasteiger partial charge in [-0.1, -0.05) is 6.07 Å². The van der Waals surface area contributed by atoms with Crippen LogP contribution in [0.25, 0.3) is 0 Å². The number of benzene rings is 1. The molecule has 0 heterocycles. The van der Waals surface area contributed by atoms with E-state index in [4.69, 9.17) is 11.6 Å². The maximum Gasteiger partial charge on any atom is 0.253 e. The Morgan fingerprint density at radius 2 is 2.18 bits per heavy atom.